The van der Waals surface area contributed by atoms with Crippen LogP contribution in [0.15, 0.2) is 42.5 Å². The van der Waals surface area contributed by atoms with Gasteiger partial charge in [0.2, 0.25) is 0 Å². The fraction of sp³-hybridized carbons (Fsp3) is 0.391. The molecule has 2 aliphatic heterocycles. The van der Waals surface area contributed by atoms with Crippen molar-refractivity contribution < 1.29 is 14.3 Å². The van der Waals surface area contributed by atoms with Gasteiger partial charge < -0.3 is 4.74 Å². The third kappa shape index (κ3) is 4.04. The van der Waals surface area contributed by atoms with E-state index in [0.717, 1.165) is 38.5 Å². The lowest BCUT2D eigenvalue weighted by molar-refractivity contribution is 0.0612. The van der Waals surface area contributed by atoms with Crippen LogP contribution in [0.5, 0.6) is 5.75 Å². The molecular formula is C23H27N3O3. The molecule has 2 amide bonds. The van der Waals surface area contributed by atoms with Crippen molar-refractivity contribution in [2.45, 2.75) is 13.5 Å². The number of hydrogen-bond donors (Lipinski definition) is 0. The molecule has 0 aromatic heterocycles. The largest absolute Gasteiger partial charge is 0.496 e. The van der Waals surface area contributed by atoms with Crippen molar-refractivity contribution in [3.8, 4) is 5.75 Å². The monoisotopic (exact) mass is 393 g/mol. The highest BCUT2D eigenvalue weighted by Gasteiger charge is 2.35. The minimum atomic E-state index is -0.171. The van der Waals surface area contributed by atoms with Gasteiger partial charge in [0, 0.05) is 51.4 Å². The summed E-state index contributed by atoms with van der Waals surface area (Å²) in [6.45, 7) is 7.90. The Hall–Kier alpha value is -2.70. The minimum Gasteiger partial charge on any atom is -0.496 e. The van der Waals surface area contributed by atoms with Gasteiger partial charge in [-0.2, -0.15) is 0 Å². The molecule has 152 valence electrons. The number of ether oxygens (including phenoxy) is 1. The Morgan fingerprint density at radius 1 is 0.862 bits per heavy atom. The van der Waals surface area contributed by atoms with Crippen LogP contribution in [0, 0.1) is 6.92 Å². The summed E-state index contributed by atoms with van der Waals surface area (Å²) in [6, 6.07) is 13.4. The Labute approximate surface area is 171 Å². The molecule has 1 fully saturated rings. The van der Waals surface area contributed by atoms with Crippen LogP contribution < -0.4 is 4.74 Å². The summed E-state index contributed by atoms with van der Waals surface area (Å²) in [5.74, 6) is 0.593. The molecule has 6 heteroatoms. The van der Waals surface area contributed by atoms with Crippen molar-refractivity contribution in [3.63, 3.8) is 0 Å². The highest BCUT2D eigenvalue weighted by molar-refractivity contribution is 6.21. The number of rotatable bonds is 6. The molecule has 2 aliphatic rings. The van der Waals surface area contributed by atoms with Gasteiger partial charge in [0.1, 0.15) is 5.75 Å². The van der Waals surface area contributed by atoms with E-state index in [2.05, 4.69) is 28.9 Å². The molecule has 1 saturated heterocycles. The summed E-state index contributed by atoms with van der Waals surface area (Å²) in [4.78, 5) is 31.1. The van der Waals surface area contributed by atoms with Gasteiger partial charge in [0.25, 0.3) is 11.8 Å². The Bertz CT molecular complexity index is 884. The van der Waals surface area contributed by atoms with Crippen molar-refractivity contribution in [2.24, 2.45) is 0 Å². The van der Waals surface area contributed by atoms with Crippen LogP contribution in [0.4, 0.5) is 0 Å². The number of nitrogens with zero attached hydrogens (tertiary/aromatic N) is 3. The summed E-state index contributed by atoms with van der Waals surface area (Å²) >= 11 is 0. The summed E-state index contributed by atoms with van der Waals surface area (Å²) in [7, 11) is 1.71. The first kappa shape index (κ1) is 19.6. The number of hydrogen-bond acceptors (Lipinski definition) is 5. The number of fused-ring (bicyclic) bond motifs is 1. The van der Waals surface area contributed by atoms with E-state index in [4.69, 9.17) is 4.74 Å². The zero-order chi connectivity index (χ0) is 20.4. The Morgan fingerprint density at radius 2 is 1.48 bits per heavy atom. The normalized spacial score (nSPS) is 17.7. The predicted molar refractivity (Wildman–Crippen MR) is 111 cm³/mol. The molecule has 6 nitrogen and oxygen atoms in total. The fourth-order valence-electron chi connectivity index (χ4n) is 4.13. The second-order valence-corrected chi connectivity index (χ2v) is 7.74. The van der Waals surface area contributed by atoms with Gasteiger partial charge >= 0.3 is 0 Å². The zero-order valence-corrected chi connectivity index (χ0v) is 17.1. The molecule has 0 radical (unpaired) electrons. The summed E-state index contributed by atoms with van der Waals surface area (Å²) in [5.41, 5.74) is 3.50. The summed E-state index contributed by atoms with van der Waals surface area (Å²) < 4.78 is 5.50. The van der Waals surface area contributed by atoms with Crippen molar-refractivity contribution in [1.29, 1.82) is 0 Å². The third-order valence-electron chi connectivity index (χ3n) is 5.81. The molecule has 2 aromatic rings. The van der Waals surface area contributed by atoms with Crippen molar-refractivity contribution >= 4 is 11.8 Å². The maximum absolute atomic E-state index is 12.5. The highest BCUT2D eigenvalue weighted by atomic mass is 16.5. The van der Waals surface area contributed by atoms with Crippen LogP contribution in [0.25, 0.3) is 0 Å². The van der Waals surface area contributed by atoms with E-state index in [9.17, 15) is 9.59 Å². The van der Waals surface area contributed by atoms with Crippen molar-refractivity contribution in [2.75, 3.05) is 46.4 Å². The Kier molecular flexibility index (Phi) is 5.65. The average Bonchev–Trinajstić information content (AvgIpc) is 2.98. The minimum absolute atomic E-state index is 0.171. The molecule has 0 saturated carbocycles. The van der Waals surface area contributed by atoms with Gasteiger partial charge in [0.15, 0.2) is 0 Å². The van der Waals surface area contributed by atoms with Crippen LogP contribution in [-0.4, -0.2) is 72.9 Å². The molecule has 4 rings (SSSR count). The number of carbonyl (C=O) groups is 2. The fourth-order valence-corrected chi connectivity index (χ4v) is 4.13. The number of benzene rings is 2. The maximum Gasteiger partial charge on any atom is 0.261 e. The lowest BCUT2D eigenvalue weighted by Crippen LogP contribution is -2.48. The highest BCUT2D eigenvalue weighted by Crippen LogP contribution is 2.23. The number of aryl methyl sites for hydroxylation is 1. The lowest BCUT2D eigenvalue weighted by Gasteiger charge is -2.35. The maximum atomic E-state index is 12.5. The van der Waals surface area contributed by atoms with Gasteiger partial charge in [-0.3, -0.25) is 24.3 Å². The Morgan fingerprint density at radius 3 is 2.10 bits per heavy atom. The molecule has 0 N–H and O–H groups in total. The molecule has 0 bridgehead atoms. The molecule has 2 heterocycles. The average molecular weight is 393 g/mol. The first-order valence-corrected chi connectivity index (χ1v) is 10.1. The van der Waals surface area contributed by atoms with Crippen LogP contribution in [0.3, 0.4) is 0 Å². The molecule has 2 aromatic carbocycles. The van der Waals surface area contributed by atoms with Crippen LogP contribution >= 0.6 is 0 Å². The van der Waals surface area contributed by atoms with E-state index in [-0.39, 0.29) is 11.8 Å². The summed E-state index contributed by atoms with van der Waals surface area (Å²) in [5, 5.41) is 0. The number of amides is 2. The summed E-state index contributed by atoms with van der Waals surface area (Å²) in [6.07, 6.45) is 0. The number of piperazine rings is 1. The van der Waals surface area contributed by atoms with Crippen molar-refractivity contribution in [3.05, 3.63) is 64.7 Å². The standard InChI is InChI=1S/C23H27N3O3/c1-17-7-8-21(29-2)18(15-17)16-25-11-9-24(10-12-25)13-14-26-22(27)19-5-3-4-6-20(19)23(26)28/h3-8,15H,9-14,16H2,1-2H3. The first-order valence-electron chi connectivity index (χ1n) is 10.1. The van der Waals surface area contributed by atoms with E-state index in [1.54, 1.807) is 31.4 Å². The van der Waals surface area contributed by atoms with Crippen molar-refractivity contribution in [1.82, 2.24) is 14.7 Å². The third-order valence-corrected chi connectivity index (χ3v) is 5.81. The van der Waals surface area contributed by atoms with Gasteiger partial charge in [-0.25, -0.2) is 0 Å². The number of carbonyl (C=O) groups excluding carboxylic acids is 2. The first-order chi connectivity index (χ1) is 14.1. The van der Waals surface area contributed by atoms with Crippen LogP contribution in [-0.2, 0) is 6.54 Å². The van der Waals surface area contributed by atoms with Gasteiger partial charge in [-0.1, -0.05) is 29.8 Å². The SMILES string of the molecule is COc1ccc(C)cc1CN1CCN(CCN2C(=O)c3ccccc3C2=O)CC1. The second-order valence-electron chi connectivity index (χ2n) is 7.74. The number of imide groups is 1. The Balaban J connectivity index is 1.29. The van der Waals surface area contributed by atoms with E-state index >= 15 is 0 Å². The lowest BCUT2D eigenvalue weighted by atomic mass is 10.1. The van der Waals surface area contributed by atoms with Crippen LogP contribution in [0.2, 0.25) is 0 Å². The van der Waals surface area contributed by atoms with Gasteiger partial charge in [-0.05, 0) is 25.1 Å². The molecule has 0 spiro atoms. The van der Waals surface area contributed by atoms with E-state index in [1.807, 2.05) is 6.07 Å². The molecule has 0 atom stereocenters. The molecular weight excluding hydrogens is 366 g/mol. The van der Waals surface area contributed by atoms with E-state index < -0.39 is 0 Å². The quantitative estimate of drug-likeness (QED) is 0.706. The van der Waals surface area contributed by atoms with Crippen LogP contribution in [0.1, 0.15) is 31.8 Å². The van der Waals surface area contributed by atoms with E-state index in [0.29, 0.717) is 24.2 Å². The van der Waals surface area contributed by atoms with Gasteiger partial charge in [0.05, 0.1) is 18.2 Å². The smallest absolute Gasteiger partial charge is 0.261 e. The molecule has 0 aliphatic carbocycles. The zero-order valence-electron chi connectivity index (χ0n) is 17.1. The molecule has 29 heavy (non-hydrogen) atoms. The predicted octanol–water partition coefficient (Wildman–Crippen LogP) is 2.42. The van der Waals surface area contributed by atoms with Gasteiger partial charge in [-0.15, -0.1) is 0 Å². The second kappa shape index (κ2) is 8.35. The van der Waals surface area contributed by atoms with E-state index in [1.165, 1.54) is 16.0 Å². The molecule has 0 unspecified atom stereocenters. The topological polar surface area (TPSA) is 53.1 Å². The number of methoxy groups -OCH3 is 1.